The lowest BCUT2D eigenvalue weighted by molar-refractivity contribution is -0.143. The number of hydrogen-bond acceptors (Lipinski definition) is 5. The number of rotatable bonds is 64. The first-order valence-corrected chi connectivity index (χ1v) is 34.1. The number of unbranched alkanes of at least 4 members (excludes halogenated alkanes) is 51. The van der Waals surface area contributed by atoms with Crippen molar-refractivity contribution in [1.29, 1.82) is 0 Å². The number of aliphatic hydroxyl groups is 2. The van der Waals surface area contributed by atoms with Gasteiger partial charge in [0.1, 0.15) is 0 Å². The van der Waals surface area contributed by atoms with Gasteiger partial charge in [0, 0.05) is 12.8 Å². The first kappa shape index (κ1) is 73.3. The van der Waals surface area contributed by atoms with Crippen LogP contribution >= 0.6 is 0 Å². The lowest BCUT2D eigenvalue weighted by Crippen LogP contribution is -2.45. The first-order valence-electron chi connectivity index (χ1n) is 34.1. The predicted molar refractivity (Wildman–Crippen MR) is 329 cm³/mol. The Morgan fingerprint density at radius 2 is 0.627 bits per heavy atom. The van der Waals surface area contributed by atoms with E-state index in [1.54, 1.807) is 6.08 Å². The van der Waals surface area contributed by atoms with E-state index in [9.17, 15) is 19.8 Å². The van der Waals surface area contributed by atoms with Crippen LogP contribution in [0.1, 0.15) is 380 Å². The number of carbonyl (C=O) groups excluding carboxylic acids is 2. The lowest BCUT2D eigenvalue weighted by Gasteiger charge is -2.20. The fourth-order valence-corrected chi connectivity index (χ4v) is 10.7. The largest absolute Gasteiger partial charge is 0.466 e. The van der Waals surface area contributed by atoms with Crippen molar-refractivity contribution in [2.45, 2.75) is 392 Å². The van der Waals surface area contributed by atoms with Crippen LogP contribution in [0.3, 0.4) is 0 Å². The number of ether oxygens (including phenoxy) is 1. The van der Waals surface area contributed by atoms with Crippen LogP contribution in [0.15, 0.2) is 24.3 Å². The minimum atomic E-state index is -0.841. The summed E-state index contributed by atoms with van der Waals surface area (Å²) in [6.45, 7) is 4.92. The highest BCUT2D eigenvalue weighted by Crippen LogP contribution is 2.19. The van der Waals surface area contributed by atoms with Gasteiger partial charge < -0.3 is 20.3 Å². The highest BCUT2D eigenvalue weighted by Gasteiger charge is 2.18. The van der Waals surface area contributed by atoms with Crippen molar-refractivity contribution in [3.05, 3.63) is 24.3 Å². The van der Waals surface area contributed by atoms with Gasteiger partial charge in [-0.1, -0.05) is 334 Å². The summed E-state index contributed by atoms with van der Waals surface area (Å²) < 4.78 is 5.49. The van der Waals surface area contributed by atoms with Crippen LogP contribution in [0.2, 0.25) is 0 Å². The van der Waals surface area contributed by atoms with Gasteiger partial charge in [0.25, 0.3) is 0 Å². The summed E-state index contributed by atoms with van der Waals surface area (Å²) >= 11 is 0. The summed E-state index contributed by atoms with van der Waals surface area (Å²) in [5.41, 5.74) is 0. The smallest absolute Gasteiger partial charge is 0.305 e. The number of esters is 1. The zero-order valence-electron chi connectivity index (χ0n) is 50.8. The molecule has 0 rings (SSSR count). The Hall–Kier alpha value is -1.66. The summed E-state index contributed by atoms with van der Waals surface area (Å²) in [4.78, 5) is 24.5. The molecule has 0 radical (unpaired) electrons. The topological polar surface area (TPSA) is 95.9 Å². The van der Waals surface area contributed by atoms with Crippen LogP contribution in [0, 0.1) is 0 Å². The second-order valence-corrected chi connectivity index (χ2v) is 23.5. The van der Waals surface area contributed by atoms with E-state index in [1.807, 2.05) is 6.08 Å². The van der Waals surface area contributed by atoms with E-state index in [2.05, 4.69) is 31.3 Å². The average Bonchev–Trinajstić information content (AvgIpc) is 3.41. The van der Waals surface area contributed by atoms with Gasteiger partial charge in [0.15, 0.2) is 0 Å². The van der Waals surface area contributed by atoms with Gasteiger partial charge in [-0.3, -0.25) is 9.59 Å². The van der Waals surface area contributed by atoms with Gasteiger partial charge in [0.2, 0.25) is 5.91 Å². The van der Waals surface area contributed by atoms with Crippen LogP contribution in [-0.2, 0) is 14.3 Å². The maximum absolute atomic E-state index is 12.5. The van der Waals surface area contributed by atoms with Gasteiger partial charge in [-0.2, -0.15) is 0 Å². The van der Waals surface area contributed by atoms with Gasteiger partial charge in [-0.25, -0.2) is 0 Å². The summed E-state index contributed by atoms with van der Waals surface area (Å²) in [7, 11) is 0. The molecule has 6 heteroatoms. The Kier molecular flexibility index (Phi) is 63.4. The lowest BCUT2D eigenvalue weighted by atomic mass is 10.0. The minimum absolute atomic E-state index is 0.0110. The van der Waals surface area contributed by atoms with Crippen LogP contribution in [0.4, 0.5) is 0 Å². The number of nitrogens with one attached hydrogen (secondary N) is 1. The highest BCUT2D eigenvalue weighted by atomic mass is 16.5. The molecule has 0 saturated heterocycles. The summed E-state index contributed by atoms with van der Waals surface area (Å²) in [6.07, 6.45) is 81.1. The predicted octanol–water partition coefficient (Wildman–Crippen LogP) is 21.8. The van der Waals surface area contributed by atoms with E-state index < -0.39 is 12.1 Å². The Morgan fingerprint density at radius 1 is 0.360 bits per heavy atom. The number of carbonyl (C=O) groups is 2. The van der Waals surface area contributed by atoms with Crippen molar-refractivity contribution >= 4 is 11.9 Å². The molecule has 0 aromatic heterocycles. The molecular formula is C69H133NO5. The highest BCUT2D eigenvalue weighted by molar-refractivity contribution is 5.76. The summed E-state index contributed by atoms with van der Waals surface area (Å²) in [6, 6.07) is -0.624. The van der Waals surface area contributed by atoms with Gasteiger partial charge in [0.05, 0.1) is 25.4 Å². The second kappa shape index (κ2) is 64.9. The Balaban J connectivity index is 3.35. The monoisotopic (exact) mass is 1060 g/mol. The van der Waals surface area contributed by atoms with Crippen molar-refractivity contribution in [2.24, 2.45) is 0 Å². The van der Waals surface area contributed by atoms with E-state index in [0.29, 0.717) is 19.4 Å². The Labute approximate surface area is 469 Å². The number of amides is 1. The van der Waals surface area contributed by atoms with Crippen LogP contribution in [0.25, 0.3) is 0 Å². The van der Waals surface area contributed by atoms with Crippen molar-refractivity contribution < 1.29 is 24.5 Å². The Morgan fingerprint density at radius 3 is 0.947 bits per heavy atom. The molecule has 0 bridgehead atoms. The van der Waals surface area contributed by atoms with Crippen molar-refractivity contribution in [3.63, 3.8) is 0 Å². The molecule has 0 aromatic carbocycles. The third-order valence-electron chi connectivity index (χ3n) is 16.0. The van der Waals surface area contributed by atoms with Crippen molar-refractivity contribution in [1.82, 2.24) is 5.32 Å². The molecule has 75 heavy (non-hydrogen) atoms. The number of aliphatic hydroxyl groups excluding tert-OH is 2. The molecule has 0 fully saturated rings. The molecule has 3 N–H and O–H groups in total. The molecule has 1 amide bonds. The van der Waals surface area contributed by atoms with Gasteiger partial charge >= 0.3 is 5.97 Å². The number of allylic oxidation sites excluding steroid dienone is 3. The molecule has 0 aromatic rings. The van der Waals surface area contributed by atoms with Crippen LogP contribution in [-0.4, -0.2) is 47.4 Å². The second-order valence-electron chi connectivity index (χ2n) is 23.5. The van der Waals surface area contributed by atoms with E-state index in [-0.39, 0.29) is 18.5 Å². The van der Waals surface area contributed by atoms with Crippen LogP contribution < -0.4 is 5.32 Å². The molecular weight excluding hydrogens is 923 g/mol. The third-order valence-corrected chi connectivity index (χ3v) is 16.0. The van der Waals surface area contributed by atoms with E-state index >= 15 is 0 Å². The van der Waals surface area contributed by atoms with Crippen molar-refractivity contribution in [3.8, 4) is 0 Å². The average molecular weight is 1060 g/mol. The standard InChI is InChI=1S/C69H133NO5/c1-3-5-7-9-11-13-15-17-34-37-41-45-49-53-57-61-67(72)66(65-71)70-68(73)62-58-54-50-46-42-38-35-32-30-28-26-24-22-20-19-21-23-25-27-29-31-33-36-40-44-48-52-56-60-64-75-69(74)63-59-55-51-47-43-39-18-16-14-12-10-8-6-4-2/h16,18,57,61,66-67,71-72H,3-15,17,19-56,58-60,62-65H2,1-2H3,(H,70,73)/b18-16-,61-57+. The molecule has 0 aliphatic rings. The van der Waals surface area contributed by atoms with Crippen molar-refractivity contribution in [2.75, 3.05) is 13.2 Å². The summed E-state index contributed by atoms with van der Waals surface area (Å²) in [5, 5.41) is 23.2. The molecule has 6 nitrogen and oxygen atoms in total. The SMILES string of the molecule is CCCCCCC/C=C\CCCCCCCC(=O)OCCCCCCCCCCCCCCCCCCCCCCCCCCCCCCCC(=O)NC(CO)C(O)/C=C/CCCCCCCCCCCCCCC. The number of hydrogen-bond donors (Lipinski definition) is 3. The molecule has 444 valence electrons. The Bertz CT molecular complexity index is 1170. The maximum atomic E-state index is 12.5. The van der Waals surface area contributed by atoms with E-state index in [4.69, 9.17) is 4.74 Å². The first-order chi connectivity index (χ1) is 37.0. The molecule has 0 aliphatic carbocycles. The molecule has 0 aliphatic heterocycles. The third kappa shape index (κ3) is 61.4. The van der Waals surface area contributed by atoms with Gasteiger partial charge in [-0.15, -0.1) is 0 Å². The van der Waals surface area contributed by atoms with E-state index in [0.717, 1.165) is 44.9 Å². The fourth-order valence-electron chi connectivity index (χ4n) is 10.7. The minimum Gasteiger partial charge on any atom is -0.466 e. The normalized spacial score (nSPS) is 12.6. The maximum Gasteiger partial charge on any atom is 0.305 e. The van der Waals surface area contributed by atoms with E-state index in [1.165, 1.54) is 308 Å². The molecule has 0 heterocycles. The fraction of sp³-hybridized carbons (Fsp3) is 0.913. The quantitative estimate of drug-likeness (QED) is 0.0320. The van der Waals surface area contributed by atoms with Crippen LogP contribution in [0.5, 0.6) is 0 Å². The zero-order valence-corrected chi connectivity index (χ0v) is 50.8. The molecule has 0 saturated carbocycles. The molecule has 2 atom stereocenters. The van der Waals surface area contributed by atoms with Gasteiger partial charge in [-0.05, 0) is 57.8 Å². The molecule has 0 spiro atoms. The molecule has 2 unspecified atom stereocenters. The zero-order chi connectivity index (χ0) is 54.3. The summed E-state index contributed by atoms with van der Waals surface area (Å²) in [5.74, 6) is -0.0511.